The van der Waals surface area contributed by atoms with Gasteiger partial charge in [-0.15, -0.1) is 0 Å². The lowest BCUT2D eigenvalue weighted by Gasteiger charge is -2.03. The van der Waals surface area contributed by atoms with Crippen molar-refractivity contribution >= 4 is 15.9 Å². The van der Waals surface area contributed by atoms with Gasteiger partial charge in [-0.05, 0) is 40.7 Å². The fourth-order valence-electron chi connectivity index (χ4n) is 1.72. The van der Waals surface area contributed by atoms with Gasteiger partial charge in [0.2, 0.25) is 0 Å². The molecule has 2 rings (SSSR count). The number of hydrogen-bond acceptors (Lipinski definition) is 2. The number of likely N-dealkylation sites (N-methyl/N-ethyl adjacent to an activating group) is 1. The highest BCUT2D eigenvalue weighted by molar-refractivity contribution is 9.10. The minimum absolute atomic E-state index is 0.237. The standard InChI is InChI=1S/C13H15BrFN3/c1-16-5-4-11-8-18(9-17-11)7-10-2-3-13(15)12(14)6-10/h2-3,6,8-9,16H,4-5,7H2,1H3. The third-order valence-corrected chi connectivity index (χ3v) is 3.27. The quantitative estimate of drug-likeness (QED) is 0.920. The van der Waals surface area contributed by atoms with Gasteiger partial charge in [0.1, 0.15) is 5.82 Å². The van der Waals surface area contributed by atoms with Crippen molar-refractivity contribution in [3.63, 3.8) is 0 Å². The van der Waals surface area contributed by atoms with E-state index >= 15 is 0 Å². The lowest BCUT2D eigenvalue weighted by Crippen LogP contribution is -2.10. The molecule has 2 aromatic rings. The fourth-order valence-corrected chi connectivity index (χ4v) is 2.15. The van der Waals surface area contributed by atoms with E-state index in [0.29, 0.717) is 11.0 Å². The van der Waals surface area contributed by atoms with Crippen molar-refractivity contribution in [2.45, 2.75) is 13.0 Å². The van der Waals surface area contributed by atoms with E-state index in [1.807, 2.05) is 24.1 Å². The molecule has 1 aromatic heterocycles. The van der Waals surface area contributed by atoms with Crippen LogP contribution in [0.1, 0.15) is 11.3 Å². The van der Waals surface area contributed by atoms with Crippen molar-refractivity contribution < 1.29 is 4.39 Å². The van der Waals surface area contributed by atoms with Crippen LogP contribution in [0.25, 0.3) is 0 Å². The third kappa shape index (κ3) is 3.40. The summed E-state index contributed by atoms with van der Waals surface area (Å²) in [7, 11) is 1.92. The zero-order valence-electron chi connectivity index (χ0n) is 10.2. The first-order chi connectivity index (χ1) is 8.69. The molecule has 5 heteroatoms. The number of rotatable bonds is 5. The molecule has 96 valence electrons. The Balaban J connectivity index is 2.04. The summed E-state index contributed by atoms with van der Waals surface area (Å²) in [6.07, 6.45) is 4.74. The maximum atomic E-state index is 13.1. The molecule has 3 nitrogen and oxygen atoms in total. The van der Waals surface area contributed by atoms with E-state index in [1.165, 1.54) is 6.07 Å². The van der Waals surface area contributed by atoms with E-state index in [1.54, 1.807) is 12.1 Å². The SMILES string of the molecule is CNCCc1cn(Cc2ccc(F)c(Br)c2)cn1. The van der Waals surface area contributed by atoms with Crippen molar-refractivity contribution in [1.82, 2.24) is 14.9 Å². The molecule has 0 atom stereocenters. The molecule has 18 heavy (non-hydrogen) atoms. The van der Waals surface area contributed by atoms with Crippen LogP contribution in [-0.2, 0) is 13.0 Å². The average molecular weight is 312 g/mol. The topological polar surface area (TPSA) is 29.9 Å². The van der Waals surface area contributed by atoms with Gasteiger partial charge in [-0.2, -0.15) is 0 Å². The Kier molecular flexibility index (Phi) is 4.49. The average Bonchev–Trinajstić information content (AvgIpc) is 2.79. The molecule has 0 aliphatic carbocycles. The van der Waals surface area contributed by atoms with Crippen LogP contribution in [0.15, 0.2) is 35.2 Å². The summed E-state index contributed by atoms with van der Waals surface area (Å²) in [5, 5.41) is 3.09. The number of benzene rings is 1. The number of halogens is 2. The maximum Gasteiger partial charge on any atom is 0.137 e. The Morgan fingerprint density at radius 3 is 3.00 bits per heavy atom. The molecule has 0 aliphatic heterocycles. The molecule has 1 heterocycles. The van der Waals surface area contributed by atoms with Gasteiger partial charge >= 0.3 is 0 Å². The van der Waals surface area contributed by atoms with Crippen LogP contribution < -0.4 is 5.32 Å². The maximum absolute atomic E-state index is 13.1. The first-order valence-corrected chi connectivity index (χ1v) is 6.57. The van der Waals surface area contributed by atoms with Crippen molar-refractivity contribution in [3.05, 3.63) is 52.3 Å². The number of hydrogen-bond donors (Lipinski definition) is 1. The van der Waals surface area contributed by atoms with Gasteiger partial charge in [0.15, 0.2) is 0 Å². The highest BCUT2D eigenvalue weighted by Crippen LogP contribution is 2.17. The molecule has 0 spiro atoms. The first kappa shape index (κ1) is 13.2. The molecule has 0 radical (unpaired) electrons. The fraction of sp³-hybridized carbons (Fsp3) is 0.308. The normalized spacial score (nSPS) is 10.8. The van der Waals surface area contributed by atoms with E-state index < -0.39 is 0 Å². The Morgan fingerprint density at radius 1 is 1.44 bits per heavy atom. The van der Waals surface area contributed by atoms with Crippen LogP contribution in [0.2, 0.25) is 0 Å². The highest BCUT2D eigenvalue weighted by atomic mass is 79.9. The highest BCUT2D eigenvalue weighted by Gasteiger charge is 2.03. The molecule has 0 saturated heterocycles. The second-order valence-corrected chi connectivity index (χ2v) is 4.99. The molecule has 0 amide bonds. The number of nitrogens with zero attached hydrogens (tertiary/aromatic N) is 2. The van der Waals surface area contributed by atoms with Crippen LogP contribution in [-0.4, -0.2) is 23.1 Å². The first-order valence-electron chi connectivity index (χ1n) is 5.78. The summed E-state index contributed by atoms with van der Waals surface area (Å²) in [6.45, 7) is 1.62. The largest absolute Gasteiger partial charge is 0.333 e. The molecule has 0 bridgehead atoms. The van der Waals surface area contributed by atoms with Crippen LogP contribution >= 0.6 is 15.9 Å². The van der Waals surface area contributed by atoms with Crippen LogP contribution in [0.4, 0.5) is 4.39 Å². The van der Waals surface area contributed by atoms with E-state index in [2.05, 4.69) is 26.2 Å². The third-order valence-electron chi connectivity index (χ3n) is 2.67. The summed E-state index contributed by atoms with van der Waals surface area (Å²) in [5.41, 5.74) is 2.10. The predicted molar refractivity (Wildman–Crippen MR) is 73.1 cm³/mol. The molecule has 0 unspecified atom stereocenters. The number of aromatic nitrogens is 2. The molecule has 0 saturated carbocycles. The van der Waals surface area contributed by atoms with E-state index in [-0.39, 0.29) is 5.82 Å². The van der Waals surface area contributed by atoms with Gasteiger partial charge < -0.3 is 9.88 Å². The zero-order valence-corrected chi connectivity index (χ0v) is 11.7. The molecule has 1 N–H and O–H groups in total. The van der Waals surface area contributed by atoms with Gasteiger partial charge in [-0.25, -0.2) is 9.37 Å². The van der Waals surface area contributed by atoms with Gasteiger partial charge in [0, 0.05) is 25.7 Å². The number of imidazole rings is 1. The zero-order chi connectivity index (χ0) is 13.0. The smallest absolute Gasteiger partial charge is 0.137 e. The van der Waals surface area contributed by atoms with E-state index in [0.717, 1.165) is 24.2 Å². The lowest BCUT2D eigenvalue weighted by atomic mass is 10.2. The Morgan fingerprint density at radius 2 is 2.28 bits per heavy atom. The van der Waals surface area contributed by atoms with Crippen molar-refractivity contribution in [1.29, 1.82) is 0 Å². The Labute approximate surface area is 114 Å². The molecule has 0 aliphatic rings. The van der Waals surface area contributed by atoms with E-state index in [4.69, 9.17) is 0 Å². The van der Waals surface area contributed by atoms with Crippen molar-refractivity contribution in [3.8, 4) is 0 Å². The van der Waals surface area contributed by atoms with E-state index in [9.17, 15) is 4.39 Å². The summed E-state index contributed by atoms with van der Waals surface area (Å²) < 4.78 is 15.6. The summed E-state index contributed by atoms with van der Waals surface area (Å²) in [4.78, 5) is 4.33. The van der Waals surface area contributed by atoms with Gasteiger partial charge in [-0.3, -0.25) is 0 Å². The van der Waals surface area contributed by atoms with Gasteiger partial charge in [0.05, 0.1) is 16.5 Å². The molecular weight excluding hydrogens is 297 g/mol. The Hall–Kier alpha value is -1.20. The summed E-state index contributed by atoms with van der Waals surface area (Å²) >= 11 is 3.19. The lowest BCUT2D eigenvalue weighted by molar-refractivity contribution is 0.619. The van der Waals surface area contributed by atoms with Crippen LogP contribution in [0.3, 0.4) is 0 Å². The predicted octanol–water partition coefficient (Wildman–Crippen LogP) is 2.59. The molecular formula is C13H15BrFN3. The van der Waals surface area contributed by atoms with Gasteiger partial charge in [-0.1, -0.05) is 6.07 Å². The van der Waals surface area contributed by atoms with Crippen LogP contribution in [0.5, 0.6) is 0 Å². The minimum Gasteiger partial charge on any atom is -0.333 e. The monoisotopic (exact) mass is 311 g/mol. The van der Waals surface area contributed by atoms with Crippen LogP contribution in [0, 0.1) is 5.82 Å². The Bertz CT molecular complexity index is 525. The molecule has 1 aromatic carbocycles. The summed E-state index contributed by atoms with van der Waals surface area (Å²) in [6, 6.07) is 5.05. The molecule has 0 fully saturated rings. The second-order valence-electron chi connectivity index (χ2n) is 4.14. The number of nitrogens with one attached hydrogen (secondary N) is 1. The van der Waals surface area contributed by atoms with Gasteiger partial charge in [0.25, 0.3) is 0 Å². The van der Waals surface area contributed by atoms with Crippen molar-refractivity contribution in [2.75, 3.05) is 13.6 Å². The van der Waals surface area contributed by atoms with Crippen molar-refractivity contribution in [2.24, 2.45) is 0 Å². The summed E-state index contributed by atoms with van der Waals surface area (Å²) in [5.74, 6) is -0.237. The second kappa shape index (κ2) is 6.11. The minimum atomic E-state index is -0.237.